The molecule has 1 aromatic carbocycles. The standard InChI is InChI=1S/C21H24ClN3O5S/c1-14(8-9-31(3,27)28)25-20(26)19-23-10-15(11-24-19)30-18(21(2)12-29-13-21)16-6-4-5-7-17(16)22/h4-11,14,18H,12-13H2,1-3H3,(H,25,26)/b9-8+/t14-,18-/m1/s1. The average Bonchev–Trinajstić information content (AvgIpc) is 2.69. The largest absolute Gasteiger partial charge is 0.482 e. The number of sulfone groups is 1. The Labute approximate surface area is 186 Å². The van der Waals surface area contributed by atoms with Gasteiger partial charge in [-0.05, 0) is 13.0 Å². The van der Waals surface area contributed by atoms with Crippen LogP contribution in [-0.4, -0.2) is 49.8 Å². The molecule has 0 bridgehead atoms. The van der Waals surface area contributed by atoms with Gasteiger partial charge in [-0.25, -0.2) is 18.4 Å². The van der Waals surface area contributed by atoms with Gasteiger partial charge >= 0.3 is 0 Å². The molecule has 1 saturated heterocycles. The minimum absolute atomic E-state index is 0.0561. The first-order valence-corrected chi connectivity index (χ1v) is 11.9. The Morgan fingerprint density at radius 2 is 1.94 bits per heavy atom. The summed E-state index contributed by atoms with van der Waals surface area (Å²) in [7, 11) is -3.27. The summed E-state index contributed by atoms with van der Waals surface area (Å²) >= 11 is 6.39. The fourth-order valence-corrected chi connectivity index (χ4v) is 3.81. The Hall–Kier alpha value is -2.49. The summed E-state index contributed by atoms with van der Waals surface area (Å²) in [5.74, 6) is -0.196. The number of nitrogens with one attached hydrogen (secondary N) is 1. The van der Waals surface area contributed by atoms with Crippen LogP contribution < -0.4 is 10.1 Å². The molecule has 2 heterocycles. The van der Waals surface area contributed by atoms with E-state index in [1.165, 1.54) is 18.5 Å². The quantitative estimate of drug-likeness (QED) is 0.638. The second kappa shape index (κ2) is 9.33. The lowest BCUT2D eigenvalue weighted by Gasteiger charge is -2.44. The summed E-state index contributed by atoms with van der Waals surface area (Å²) in [6.07, 6.45) is 4.92. The van der Waals surface area contributed by atoms with Crippen molar-refractivity contribution in [1.82, 2.24) is 15.3 Å². The molecular weight excluding hydrogens is 442 g/mol. The minimum atomic E-state index is -3.27. The predicted molar refractivity (Wildman–Crippen MR) is 117 cm³/mol. The van der Waals surface area contributed by atoms with E-state index in [9.17, 15) is 13.2 Å². The molecule has 3 rings (SSSR count). The van der Waals surface area contributed by atoms with Crippen molar-refractivity contribution in [2.45, 2.75) is 26.0 Å². The molecule has 1 aromatic heterocycles. The van der Waals surface area contributed by atoms with Crippen LogP contribution in [0.5, 0.6) is 5.75 Å². The highest BCUT2D eigenvalue weighted by molar-refractivity contribution is 7.93. The maximum atomic E-state index is 12.3. The fourth-order valence-electron chi connectivity index (χ4n) is 3.05. The lowest BCUT2D eigenvalue weighted by molar-refractivity contribution is -0.155. The van der Waals surface area contributed by atoms with E-state index in [-0.39, 0.29) is 17.3 Å². The third-order valence-electron chi connectivity index (χ3n) is 4.74. The van der Waals surface area contributed by atoms with Crippen molar-refractivity contribution in [2.75, 3.05) is 19.5 Å². The topological polar surface area (TPSA) is 107 Å². The van der Waals surface area contributed by atoms with E-state index in [1.54, 1.807) is 13.0 Å². The number of halogens is 1. The van der Waals surface area contributed by atoms with Gasteiger partial charge in [0.15, 0.2) is 15.6 Å². The number of hydrogen-bond donors (Lipinski definition) is 1. The first-order chi connectivity index (χ1) is 14.6. The van der Waals surface area contributed by atoms with Crippen LogP contribution in [0.4, 0.5) is 0 Å². The van der Waals surface area contributed by atoms with Gasteiger partial charge in [0.2, 0.25) is 5.82 Å². The molecule has 166 valence electrons. The maximum absolute atomic E-state index is 12.3. The van der Waals surface area contributed by atoms with E-state index in [1.807, 2.05) is 18.2 Å². The molecule has 1 aliphatic rings. The number of rotatable bonds is 8. The van der Waals surface area contributed by atoms with E-state index >= 15 is 0 Å². The van der Waals surface area contributed by atoms with Crippen LogP contribution in [0.3, 0.4) is 0 Å². The molecule has 1 amide bonds. The zero-order chi connectivity index (χ0) is 22.6. The number of benzene rings is 1. The molecule has 1 N–H and O–H groups in total. The highest BCUT2D eigenvalue weighted by atomic mass is 35.5. The summed E-state index contributed by atoms with van der Waals surface area (Å²) in [5.41, 5.74) is 0.575. The number of amides is 1. The lowest BCUT2D eigenvalue weighted by Crippen LogP contribution is -2.46. The molecule has 0 saturated carbocycles. The van der Waals surface area contributed by atoms with Crippen LogP contribution in [0.15, 0.2) is 48.1 Å². The van der Waals surface area contributed by atoms with E-state index in [4.69, 9.17) is 21.1 Å². The number of ether oxygens (including phenoxy) is 2. The van der Waals surface area contributed by atoms with Crippen LogP contribution in [0.25, 0.3) is 0 Å². The highest BCUT2D eigenvalue weighted by Crippen LogP contribution is 2.44. The van der Waals surface area contributed by atoms with Gasteiger partial charge in [0.1, 0.15) is 6.10 Å². The van der Waals surface area contributed by atoms with Gasteiger partial charge in [0, 0.05) is 28.3 Å². The van der Waals surface area contributed by atoms with Crippen LogP contribution in [0.2, 0.25) is 5.02 Å². The fraction of sp³-hybridized carbons (Fsp3) is 0.381. The molecule has 8 nitrogen and oxygen atoms in total. The van der Waals surface area contributed by atoms with Crippen LogP contribution in [-0.2, 0) is 14.6 Å². The Balaban J connectivity index is 1.72. The first kappa shape index (κ1) is 23.2. The maximum Gasteiger partial charge on any atom is 0.289 e. The third-order valence-corrected chi connectivity index (χ3v) is 5.74. The van der Waals surface area contributed by atoms with Gasteiger partial charge in [-0.2, -0.15) is 0 Å². The molecule has 0 spiro atoms. The van der Waals surface area contributed by atoms with Crippen LogP contribution >= 0.6 is 11.6 Å². The number of nitrogens with zero attached hydrogens (tertiary/aromatic N) is 2. The summed E-state index contributed by atoms with van der Waals surface area (Å²) < 4.78 is 33.9. The van der Waals surface area contributed by atoms with Crippen LogP contribution in [0, 0.1) is 5.41 Å². The molecular formula is C21H24ClN3O5S. The summed E-state index contributed by atoms with van der Waals surface area (Å²) in [4.78, 5) is 20.5. The monoisotopic (exact) mass is 465 g/mol. The van der Waals surface area contributed by atoms with Gasteiger partial charge < -0.3 is 14.8 Å². The van der Waals surface area contributed by atoms with Crippen molar-refractivity contribution < 1.29 is 22.7 Å². The zero-order valence-electron chi connectivity index (χ0n) is 17.4. The predicted octanol–water partition coefficient (Wildman–Crippen LogP) is 2.96. The SMILES string of the molecule is C[C@H](/C=C/S(C)(=O)=O)NC(=O)c1ncc(O[C@H](c2ccccc2Cl)C2(C)COC2)cn1. The van der Waals surface area contributed by atoms with Gasteiger partial charge in [0.25, 0.3) is 5.91 Å². The molecule has 0 aliphatic carbocycles. The Morgan fingerprint density at radius 1 is 1.29 bits per heavy atom. The molecule has 10 heteroatoms. The summed E-state index contributed by atoms with van der Waals surface area (Å²) in [6.45, 7) is 4.76. The van der Waals surface area contributed by atoms with Gasteiger partial charge in [-0.15, -0.1) is 0 Å². The number of carbonyl (C=O) groups is 1. The molecule has 2 aromatic rings. The van der Waals surface area contributed by atoms with E-state index in [0.29, 0.717) is 24.0 Å². The van der Waals surface area contributed by atoms with Crippen molar-refractivity contribution in [3.8, 4) is 5.75 Å². The van der Waals surface area contributed by atoms with Crippen molar-refractivity contribution in [3.05, 3.63) is 64.6 Å². The van der Waals surface area contributed by atoms with Crippen molar-refractivity contribution in [1.29, 1.82) is 0 Å². The summed E-state index contributed by atoms with van der Waals surface area (Å²) in [6, 6.07) is 6.95. The van der Waals surface area contributed by atoms with E-state index in [2.05, 4.69) is 22.2 Å². The zero-order valence-corrected chi connectivity index (χ0v) is 19.0. The van der Waals surface area contributed by atoms with Crippen molar-refractivity contribution in [2.24, 2.45) is 5.41 Å². The average molecular weight is 466 g/mol. The molecule has 1 aliphatic heterocycles. The number of hydrogen-bond acceptors (Lipinski definition) is 7. The second-order valence-corrected chi connectivity index (χ2v) is 10.2. The first-order valence-electron chi connectivity index (χ1n) is 9.57. The number of carbonyl (C=O) groups excluding carboxylic acids is 1. The second-order valence-electron chi connectivity index (χ2n) is 7.83. The van der Waals surface area contributed by atoms with Gasteiger partial charge in [0.05, 0.1) is 31.0 Å². The molecule has 31 heavy (non-hydrogen) atoms. The molecule has 0 unspecified atom stereocenters. The molecule has 0 radical (unpaired) electrons. The van der Waals surface area contributed by atoms with E-state index in [0.717, 1.165) is 17.2 Å². The summed E-state index contributed by atoms with van der Waals surface area (Å²) in [5, 5.41) is 4.24. The van der Waals surface area contributed by atoms with Crippen molar-refractivity contribution in [3.63, 3.8) is 0 Å². The molecule has 1 fully saturated rings. The van der Waals surface area contributed by atoms with Gasteiger partial charge in [-0.3, -0.25) is 4.79 Å². The minimum Gasteiger partial charge on any atom is -0.482 e. The lowest BCUT2D eigenvalue weighted by atomic mass is 9.79. The smallest absolute Gasteiger partial charge is 0.289 e. The normalized spacial score (nSPS) is 17.5. The third kappa shape index (κ3) is 6.03. The van der Waals surface area contributed by atoms with Crippen LogP contribution in [0.1, 0.15) is 36.1 Å². The highest BCUT2D eigenvalue weighted by Gasteiger charge is 2.44. The Morgan fingerprint density at radius 3 is 2.48 bits per heavy atom. The number of aromatic nitrogens is 2. The Bertz CT molecular complexity index is 1070. The Kier molecular flexibility index (Phi) is 6.98. The van der Waals surface area contributed by atoms with Crippen molar-refractivity contribution >= 4 is 27.3 Å². The molecule has 2 atom stereocenters. The van der Waals surface area contributed by atoms with E-state index < -0.39 is 21.8 Å². The van der Waals surface area contributed by atoms with Gasteiger partial charge in [-0.1, -0.05) is 42.8 Å².